The first kappa shape index (κ1) is 16.7. The van der Waals surface area contributed by atoms with E-state index in [0.29, 0.717) is 18.4 Å². The summed E-state index contributed by atoms with van der Waals surface area (Å²) < 4.78 is 4.96. The van der Waals surface area contributed by atoms with E-state index in [1.54, 1.807) is 13.0 Å². The number of carboxylic acid groups (broad SMARTS) is 1. The Morgan fingerprint density at radius 2 is 1.90 bits per heavy atom. The molecule has 1 N–H and O–H groups in total. The van der Waals surface area contributed by atoms with Crippen molar-refractivity contribution in [1.29, 1.82) is 0 Å². The molecule has 0 aliphatic heterocycles. The van der Waals surface area contributed by atoms with E-state index in [-0.39, 0.29) is 13.0 Å². The summed E-state index contributed by atoms with van der Waals surface area (Å²) in [6.07, 6.45) is 2.47. The number of aryl methyl sites for hydroxylation is 1. The smallest absolute Gasteiger partial charge is 0.341 e. The third-order valence-corrected chi connectivity index (χ3v) is 2.83. The molecule has 0 atom stereocenters. The Hall–Kier alpha value is -2.32. The first-order valence-electron chi connectivity index (χ1n) is 6.94. The van der Waals surface area contributed by atoms with Crippen molar-refractivity contribution in [3.8, 4) is 0 Å². The highest BCUT2D eigenvalue weighted by molar-refractivity contribution is 5.89. The van der Waals surface area contributed by atoms with Crippen molar-refractivity contribution in [3.05, 3.63) is 46.7 Å². The topological polar surface area (TPSA) is 63.6 Å². The predicted octanol–water partition coefficient (Wildman–Crippen LogP) is 3.35. The Morgan fingerprint density at radius 3 is 2.48 bits per heavy atom. The van der Waals surface area contributed by atoms with Gasteiger partial charge in [-0.15, -0.1) is 5.73 Å². The standard InChI is InChI=1S/C17H20O4/c1-3-21-17(20)15(5-4-6-16(18)19)12-11-14-9-7-13(2)8-10-14/h7-11H,3-6H2,1-2H3,(H,18,19). The molecule has 4 heteroatoms. The van der Waals surface area contributed by atoms with Crippen molar-refractivity contribution >= 4 is 18.0 Å². The second kappa shape index (κ2) is 8.77. The van der Waals surface area contributed by atoms with Gasteiger partial charge in [0.15, 0.2) is 0 Å². The minimum absolute atomic E-state index is 0.0229. The molecule has 0 heterocycles. The van der Waals surface area contributed by atoms with Gasteiger partial charge < -0.3 is 9.84 Å². The lowest BCUT2D eigenvalue weighted by molar-refractivity contribution is -0.139. The molecule has 0 aromatic heterocycles. The highest BCUT2D eigenvalue weighted by Crippen LogP contribution is 2.11. The van der Waals surface area contributed by atoms with Crippen LogP contribution in [0.25, 0.3) is 6.08 Å². The van der Waals surface area contributed by atoms with E-state index >= 15 is 0 Å². The third-order valence-electron chi connectivity index (χ3n) is 2.83. The van der Waals surface area contributed by atoms with Crippen LogP contribution in [0.15, 0.2) is 35.6 Å². The molecule has 1 rings (SSSR count). The van der Waals surface area contributed by atoms with Crippen molar-refractivity contribution in [2.75, 3.05) is 6.61 Å². The SMILES string of the molecule is CCOC(=O)C(=C=Cc1ccc(C)cc1)CCCC(=O)O. The molecular weight excluding hydrogens is 268 g/mol. The van der Waals surface area contributed by atoms with Crippen molar-refractivity contribution in [1.82, 2.24) is 0 Å². The number of aliphatic carboxylic acids is 1. The fraction of sp³-hybridized carbons (Fsp3) is 0.353. The van der Waals surface area contributed by atoms with Gasteiger partial charge >= 0.3 is 11.9 Å². The summed E-state index contributed by atoms with van der Waals surface area (Å²) in [7, 11) is 0. The number of rotatable bonds is 7. The fourth-order valence-corrected chi connectivity index (χ4v) is 1.70. The molecule has 0 aliphatic carbocycles. The van der Waals surface area contributed by atoms with Crippen LogP contribution in [0.2, 0.25) is 0 Å². The number of ether oxygens (including phenoxy) is 1. The summed E-state index contributed by atoms with van der Waals surface area (Å²) in [5, 5.41) is 8.65. The van der Waals surface area contributed by atoms with Crippen molar-refractivity contribution in [2.45, 2.75) is 33.1 Å². The van der Waals surface area contributed by atoms with E-state index in [2.05, 4.69) is 5.73 Å². The Bertz CT molecular complexity index is 549. The van der Waals surface area contributed by atoms with Gasteiger partial charge in [-0.1, -0.05) is 29.8 Å². The maximum Gasteiger partial charge on any atom is 0.341 e. The number of carbonyl (C=O) groups excluding carboxylic acids is 1. The van der Waals surface area contributed by atoms with Crippen LogP contribution in [0.4, 0.5) is 0 Å². The second-order valence-corrected chi connectivity index (χ2v) is 4.65. The lowest BCUT2D eigenvalue weighted by atomic mass is 10.1. The van der Waals surface area contributed by atoms with Crippen LogP contribution in [0.5, 0.6) is 0 Å². The Balaban J connectivity index is 2.87. The van der Waals surface area contributed by atoms with Gasteiger partial charge in [-0.2, -0.15) is 0 Å². The van der Waals surface area contributed by atoms with Crippen LogP contribution in [0.1, 0.15) is 37.3 Å². The summed E-state index contributed by atoms with van der Waals surface area (Å²) in [5.74, 6) is -1.31. The molecule has 4 nitrogen and oxygen atoms in total. The molecule has 0 fully saturated rings. The number of hydrogen-bond acceptors (Lipinski definition) is 3. The van der Waals surface area contributed by atoms with E-state index in [1.807, 2.05) is 31.2 Å². The van der Waals surface area contributed by atoms with Gasteiger partial charge in [-0.05, 0) is 38.3 Å². The second-order valence-electron chi connectivity index (χ2n) is 4.65. The highest BCUT2D eigenvalue weighted by Gasteiger charge is 2.10. The molecule has 0 bridgehead atoms. The molecule has 1 aromatic rings. The summed E-state index contributed by atoms with van der Waals surface area (Å²) in [4.78, 5) is 22.3. The lowest BCUT2D eigenvalue weighted by Crippen LogP contribution is -2.07. The van der Waals surface area contributed by atoms with Crippen molar-refractivity contribution < 1.29 is 19.4 Å². The zero-order chi connectivity index (χ0) is 15.7. The Kier molecular flexibility index (Phi) is 6.99. The molecule has 112 valence electrons. The molecule has 0 aliphatic rings. The van der Waals surface area contributed by atoms with Gasteiger partial charge in [0.2, 0.25) is 0 Å². The maximum absolute atomic E-state index is 11.8. The summed E-state index contributed by atoms with van der Waals surface area (Å²) in [6, 6.07) is 7.81. The first-order chi connectivity index (χ1) is 10.0. The van der Waals surface area contributed by atoms with Crippen molar-refractivity contribution in [2.24, 2.45) is 0 Å². The molecule has 1 aromatic carbocycles. The minimum atomic E-state index is -0.874. The van der Waals surface area contributed by atoms with E-state index in [0.717, 1.165) is 11.1 Å². The molecular formula is C17H20O4. The van der Waals surface area contributed by atoms with Crippen LogP contribution in [0.3, 0.4) is 0 Å². The Labute approximate surface area is 124 Å². The van der Waals surface area contributed by atoms with Crippen LogP contribution < -0.4 is 0 Å². The average molecular weight is 288 g/mol. The quantitative estimate of drug-likeness (QED) is 0.475. The first-order valence-corrected chi connectivity index (χ1v) is 6.94. The summed E-state index contributed by atoms with van der Waals surface area (Å²) in [5.41, 5.74) is 5.40. The van der Waals surface area contributed by atoms with Gasteiger partial charge in [0.1, 0.15) is 0 Å². The molecule has 0 radical (unpaired) electrons. The number of carboxylic acids is 1. The zero-order valence-corrected chi connectivity index (χ0v) is 12.4. The van der Waals surface area contributed by atoms with Crippen LogP contribution in [-0.4, -0.2) is 23.7 Å². The third kappa shape index (κ3) is 6.59. The molecule has 0 saturated carbocycles. The van der Waals surface area contributed by atoms with E-state index < -0.39 is 11.9 Å². The van der Waals surface area contributed by atoms with Gasteiger partial charge in [-0.25, -0.2) is 4.79 Å². The zero-order valence-electron chi connectivity index (χ0n) is 12.4. The molecule has 0 amide bonds. The van der Waals surface area contributed by atoms with Crippen LogP contribution >= 0.6 is 0 Å². The Morgan fingerprint density at radius 1 is 1.24 bits per heavy atom. The maximum atomic E-state index is 11.8. The molecule has 0 saturated heterocycles. The van der Waals surface area contributed by atoms with Gasteiger partial charge in [0.25, 0.3) is 0 Å². The highest BCUT2D eigenvalue weighted by atomic mass is 16.5. The predicted molar refractivity (Wildman–Crippen MR) is 80.8 cm³/mol. The minimum Gasteiger partial charge on any atom is -0.481 e. The van der Waals surface area contributed by atoms with Gasteiger partial charge in [-0.3, -0.25) is 4.79 Å². The van der Waals surface area contributed by atoms with Gasteiger partial charge in [0.05, 0.1) is 12.2 Å². The van der Waals surface area contributed by atoms with E-state index in [4.69, 9.17) is 9.84 Å². The molecule has 21 heavy (non-hydrogen) atoms. The lowest BCUT2D eigenvalue weighted by Gasteiger charge is -2.03. The van der Waals surface area contributed by atoms with Gasteiger partial charge in [0, 0.05) is 6.42 Å². The normalized spacial score (nSPS) is 9.62. The number of hydrogen-bond donors (Lipinski definition) is 1. The molecule has 0 unspecified atom stereocenters. The van der Waals surface area contributed by atoms with E-state index in [9.17, 15) is 9.59 Å². The molecule has 0 spiro atoms. The van der Waals surface area contributed by atoms with Crippen LogP contribution in [-0.2, 0) is 14.3 Å². The average Bonchev–Trinajstić information content (AvgIpc) is 2.44. The number of benzene rings is 1. The van der Waals surface area contributed by atoms with E-state index in [1.165, 1.54) is 0 Å². The van der Waals surface area contributed by atoms with Crippen molar-refractivity contribution in [3.63, 3.8) is 0 Å². The summed E-state index contributed by atoms with van der Waals surface area (Å²) in [6.45, 7) is 4.02. The largest absolute Gasteiger partial charge is 0.481 e. The number of carbonyl (C=O) groups is 2. The summed E-state index contributed by atoms with van der Waals surface area (Å²) >= 11 is 0. The number of esters is 1. The monoisotopic (exact) mass is 288 g/mol. The fourth-order valence-electron chi connectivity index (χ4n) is 1.70. The van der Waals surface area contributed by atoms with Crippen LogP contribution in [0, 0.1) is 6.92 Å².